The van der Waals surface area contributed by atoms with Gasteiger partial charge in [-0.25, -0.2) is 0 Å². The van der Waals surface area contributed by atoms with Gasteiger partial charge < -0.3 is 25.2 Å². The summed E-state index contributed by atoms with van der Waals surface area (Å²) >= 11 is 0. The van der Waals surface area contributed by atoms with E-state index in [-0.39, 0.29) is 41.3 Å². The standard InChI is InChI=1S/C30H52O5/c1-26(2)20(19(18-31)8-9-22-21(26)12-16-29(22,6)33)10-11-23-28(5)15-13-24(32)27(3,4)35-25(28)14-17-30(23,7)34/h8,20-25,31-34H,9-18H2,1-7H3/t20-,21+,22+,23+,24+,25+,28+,29+,30-/m1/s1. The number of aliphatic hydroxyl groups is 4. The Morgan fingerprint density at radius 1 is 0.857 bits per heavy atom. The van der Waals surface area contributed by atoms with Gasteiger partial charge in [-0.2, -0.15) is 0 Å². The fourth-order valence-electron chi connectivity index (χ4n) is 9.07. The fourth-order valence-corrected chi connectivity index (χ4v) is 9.07. The lowest BCUT2D eigenvalue weighted by atomic mass is 9.55. The Hall–Kier alpha value is -0.460. The predicted octanol–water partition coefficient (Wildman–Crippen LogP) is 4.99. The molecule has 5 nitrogen and oxygen atoms in total. The highest BCUT2D eigenvalue weighted by molar-refractivity contribution is 5.19. The quantitative estimate of drug-likeness (QED) is 0.415. The van der Waals surface area contributed by atoms with Gasteiger partial charge in [-0.05, 0) is 126 Å². The normalized spacial score (nSPS) is 49.4. The summed E-state index contributed by atoms with van der Waals surface area (Å²) in [6, 6.07) is 0. The van der Waals surface area contributed by atoms with E-state index in [2.05, 4.69) is 26.8 Å². The van der Waals surface area contributed by atoms with Crippen molar-refractivity contribution in [2.45, 2.75) is 135 Å². The van der Waals surface area contributed by atoms with Crippen molar-refractivity contribution in [3.05, 3.63) is 11.6 Å². The highest BCUT2D eigenvalue weighted by atomic mass is 16.5. The summed E-state index contributed by atoms with van der Waals surface area (Å²) in [6.07, 6.45) is 9.22. The van der Waals surface area contributed by atoms with Gasteiger partial charge >= 0.3 is 0 Å². The van der Waals surface area contributed by atoms with E-state index >= 15 is 0 Å². The van der Waals surface area contributed by atoms with Gasteiger partial charge in [0.05, 0.1) is 35.6 Å². The molecule has 3 fully saturated rings. The third kappa shape index (κ3) is 4.67. The Kier molecular flexibility index (Phi) is 7.15. The molecule has 0 amide bonds. The first-order valence-electron chi connectivity index (χ1n) is 14.2. The Balaban J connectivity index is 1.62. The summed E-state index contributed by atoms with van der Waals surface area (Å²) < 4.78 is 6.58. The zero-order valence-electron chi connectivity index (χ0n) is 23.3. The molecule has 1 heterocycles. The molecular formula is C30H52O5. The molecule has 0 aromatic heterocycles. The predicted molar refractivity (Wildman–Crippen MR) is 139 cm³/mol. The van der Waals surface area contributed by atoms with Crippen LogP contribution in [0.15, 0.2) is 11.6 Å². The topological polar surface area (TPSA) is 90.2 Å². The molecule has 4 rings (SSSR count). The SMILES string of the molecule is CC1(C)O[C@H]2CC[C@@](C)(O)[C@@H](CC[C@@H]3C(CO)=CC[C@H]4[C@H](CC[C@]4(C)O)C3(C)C)[C@]2(C)CC[C@@H]1O. The molecule has 4 aliphatic rings. The molecule has 4 N–H and O–H groups in total. The van der Waals surface area contributed by atoms with E-state index in [1.54, 1.807) is 0 Å². The van der Waals surface area contributed by atoms with Gasteiger partial charge in [0.15, 0.2) is 0 Å². The van der Waals surface area contributed by atoms with E-state index in [0.29, 0.717) is 18.8 Å². The highest BCUT2D eigenvalue weighted by Gasteiger charge is 2.58. The van der Waals surface area contributed by atoms with Gasteiger partial charge in [-0.15, -0.1) is 0 Å². The van der Waals surface area contributed by atoms with Gasteiger partial charge in [-0.3, -0.25) is 0 Å². The van der Waals surface area contributed by atoms with E-state index in [9.17, 15) is 20.4 Å². The molecule has 3 aliphatic carbocycles. The van der Waals surface area contributed by atoms with Crippen LogP contribution in [0.2, 0.25) is 0 Å². The number of rotatable bonds is 4. The number of fused-ring (bicyclic) bond motifs is 2. The minimum absolute atomic E-state index is 0.0178. The highest BCUT2D eigenvalue weighted by Crippen LogP contribution is 2.59. The lowest BCUT2D eigenvalue weighted by molar-refractivity contribution is -0.206. The number of allylic oxidation sites excluding steroid dienone is 1. The fraction of sp³-hybridized carbons (Fsp3) is 0.933. The first-order valence-corrected chi connectivity index (χ1v) is 14.2. The maximum absolute atomic E-state index is 11.7. The molecule has 0 aromatic carbocycles. The molecule has 1 saturated heterocycles. The molecule has 202 valence electrons. The number of hydrogen-bond acceptors (Lipinski definition) is 5. The Bertz CT molecular complexity index is 812. The van der Waals surface area contributed by atoms with E-state index < -0.39 is 22.9 Å². The van der Waals surface area contributed by atoms with E-state index in [1.807, 2.05) is 27.7 Å². The number of hydrogen-bond donors (Lipinski definition) is 4. The minimum Gasteiger partial charge on any atom is -0.392 e. The summed E-state index contributed by atoms with van der Waals surface area (Å²) in [4.78, 5) is 0. The third-order valence-corrected chi connectivity index (χ3v) is 11.5. The van der Waals surface area contributed by atoms with Crippen molar-refractivity contribution in [3.63, 3.8) is 0 Å². The van der Waals surface area contributed by atoms with Crippen LogP contribution < -0.4 is 0 Å². The van der Waals surface area contributed by atoms with Crippen LogP contribution in [0.1, 0.15) is 106 Å². The first kappa shape index (κ1) is 27.6. The monoisotopic (exact) mass is 492 g/mol. The van der Waals surface area contributed by atoms with Crippen LogP contribution in [-0.2, 0) is 4.74 Å². The van der Waals surface area contributed by atoms with Crippen LogP contribution in [0.4, 0.5) is 0 Å². The van der Waals surface area contributed by atoms with Gasteiger partial charge in [-0.1, -0.05) is 26.8 Å². The lowest BCUT2D eigenvalue weighted by Crippen LogP contribution is -2.56. The van der Waals surface area contributed by atoms with Gasteiger partial charge in [0.1, 0.15) is 0 Å². The van der Waals surface area contributed by atoms with Crippen molar-refractivity contribution in [1.82, 2.24) is 0 Å². The molecule has 35 heavy (non-hydrogen) atoms. The molecule has 0 aromatic rings. The molecular weight excluding hydrogens is 440 g/mol. The second kappa shape index (κ2) is 9.08. The summed E-state index contributed by atoms with van der Waals surface area (Å²) in [5.41, 5.74) is -1.17. The number of aliphatic hydroxyl groups excluding tert-OH is 2. The van der Waals surface area contributed by atoms with Crippen molar-refractivity contribution < 1.29 is 25.2 Å². The molecule has 0 spiro atoms. The summed E-state index contributed by atoms with van der Waals surface area (Å²) in [5.74, 6) is 0.902. The molecule has 9 atom stereocenters. The van der Waals surface area contributed by atoms with Gasteiger partial charge in [0.25, 0.3) is 0 Å². The molecule has 0 unspecified atom stereocenters. The number of ether oxygens (including phenoxy) is 1. The van der Waals surface area contributed by atoms with Crippen molar-refractivity contribution >= 4 is 0 Å². The van der Waals surface area contributed by atoms with Crippen LogP contribution in [0.5, 0.6) is 0 Å². The van der Waals surface area contributed by atoms with E-state index in [0.717, 1.165) is 50.5 Å². The maximum atomic E-state index is 11.7. The smallest absolute Gasteiger partial charge is 0.0888 e. The largest absolute Gasteiger partial charge is 0.392 e. The van der Waals surface area contributed by atoms with Gasteiger partial charge in [0, 0.05) is 0 Å². The molecule has 5 heteroatoms. The third-order valence-electron chi connectivity index (χ3n) is 11.5. The Morgan fingerprint density at radius 2 is 1.51 bits per heavy atom. The zero-order chi connectivity index (χ0) is 26.0. The Morgan fingerprint density at radius 3 is 2.17 bits per heavy atom. The average Bonchev–Trinajstić information content (AvgIpc) is 2.96. The Labute approximate surface area is 213 Å². The molecule has 0 bridgehead atoms. The van der Waals surface area contributed by atoms with Crippen molar-refractivity contribution in [3.8, 4) is 0 Å². The minimum atomic E-state index is -0.786. The van der Waals surface area contributed by atoms with Gasteiger partial charge in [0.2, 0.25) is 0 Å². The summed E-state index contributed by atoms with van der Waals surface area (Å²) in [5, 5.41) is 43.9. The maximum Gasteiger partial charge on any atom is 0.0888 e. The second-order valence-corrected chi connectivity index (χ2v) is 14.5. The second-order valence-electron chi connectivity index (χ2n) is 14.5. The molecule has 2 saturated carbocycles. The first-order chi connectivity index (χ1) is 16.1. The average molecular weight is 493 g/mol. The van der Waals surface area contributed by atoms with Crippen molar-refractivity contribution in [2.24, 2.45) is 34.5 Å². The van der Waals surface area contributed by atoms with E-state index in [1.165, 1.54) is 0 Å². The van der Waals surface area contributed by atoms with Crippen molar-refractivity contribution in [2.75, 3.05) is 6.61 Å². The molecule has 1 aliphatic heterocycles. The van der Waals surface area contributed by atoms with Crippen LogP contribution >= 0.6 is 0 Å². The van der Waals surface area contributed by atoms with Crippen LogP contribution in [0.3, 0.4) is 0 Å². The van der Waals surface area contributed by atoms with Crippen LogP contribution in [0.25, 0.3) is 0 Å². The summed E-state index contributed by atoms with van der Waals surface area (Å²) in [6.45, 7) is 15.0. The summed E-state index contributed by atoms with van der Waals surface area (Å²) in [7, 11) is 0. The zero-order valence-corrected chi connectivity index (χ0v) is 23.3. The van der Waals surface area contributed by atoms with E-state index in [4.69, 9.17) is 4.74 Å². The van der Waals surface area contributed by atoms with Crippen molar-refractivity contribution in [1.29, 1.82) is 0 Å². The molecule has 0 radical (unpaired) electrons. The van der Waals surface area contributed by atoms with Crippen LogP contribution in [0, 0.1) is 34.5 Å². The lowest BCUT2D eigenvalue weighted by Gasteiger charge is -2.54. The van der Waals surface area contributed by atoms with Crippen LogP contribution in [-0.4, -0.2) is 56.0 Å².